The third-order valence-electron chi connectivity index (χ3n) is 5.05. The lowest BCUT2D eigenvalue weighted by Gasteiger charge is -2.46. The quantitative estimate of drug-likeness (QED) is 0.835. The van der Waals surface area contributed by atoms with E-state index in [1.165, 1.54) is 13.0 Å². The molecule has 1 heterocycles. The molecule has 0 aromatic carbocycles. The van der Waals surface area contributed by atoms with Crippen molar-refractivity contribution in [3.8, 4) is 0 Å². The molecule has 0 spiro atoms. The maximum absolute atomic E-state index is 6.14. The topological polar surface area (TPSA) is 32.5 Å². The molecule has 1 saturated heterocycles. The van der Waals surface area contributed by atoms with E-state index in [9.17, 15) is 0 Å². The van der Waals surface area contributed by atoms with Crippen molar-refractivity contribution < 1.29 is 0 Å². The van der Waals surface area contributed by atoms with Gasteiger partial charge in [-0.3, -0.25) is 9.80 Å². The third-order valence-corrected chi connectivity index (χ3v) is 5.05. The molecule has 3 nitrogen and oxygen atoms in total. The first-order chi connectivity index (χ1) is 8.14. The van der Waals surface area contributed by atoms with E-state index >= 15 is 0 Å². The molecule has 0 bridgehead atoms. The van der Waals surface area contributed by atoms with E-state index in [4.69, 9.17) is 5.73 Å². The molecular formula is C15H33N3. The van der Waals surface area contributed by atoms with Crippen molar-refractivity contribution in [1.29, 1.82) is 0 Å². The molecule has 1 aliphatic rings. The van der Waals surface area contributed by atoms with Gasteiger partial charge in [0.2, 0.25) is 0 Å². The Morgan fingerprint density at radius 2 is 1.83 bits per heavy atom. The molecule has 0 aromatic heterocycles. The summed E-state index contributed by atoms with van der Waals surface area (Å²) >= 11 is 0. The zero-order valence-electron chi connectivity index (χ0n) is 13.5. The largest absolute Gasteiger partial charge is 0.329 e. The predicted octanol–water partition coefficient (Wildman–Crippen LogP) is 2.16. The number of hydrogen-bond donors (Lipinski definition) is 1. The van der Waals surface area contributed by atoms with Crippen molar-refractivity contribution >= 4 is 0 Å². The highest BCUT2D eigenvalue weighted by Gasteiger charge is 2.44. The molecule has 18 heavy (non-hydrogen) atoms. The molecule has 0 radical (unpaired) electrons. The number of hydrogen-bond acceptors (Lipinski definition) is 3. The minimum absolute atomic E-state index is 0.164. The smallest absolute Gasteiger partial charge is 0.0470 e. The Bertz CT molecular complexity index is 269. The Morgan fingerprint density at radius 1 is 1.28 bits per heavy atom. The summed E-state index contributed by atoms with van der Waals surface area (Å²) in [5.41, 5.74) is 6.60. The van der Waals surface area contributed by atoms with Crippen molar-refractivity contribution in [2.45, 2.75) is 65.6 Å². The van der Waals surface area contributed by atoms with Gasteiger partial charge < -0.3 is 5.73 Å². The summed E-state index contributed by atoms with van der Waals surface area (Å²) in [6.07, 6.45) is 1.19. The summed E-state index contributed by atoms with van der Waals surface area (Å²) in [6, 6.07) is 1.16. The SMILES string of the molecule is CC(C)N1CCC(CN)(N(C)C(C)C(C)(C)C)C1. The molecule has 2 N–H and O–H groups in total. The van der Waals surface area contributed by atoms with Crippen molar-refractivity contribution in [1.82, 2.24) is 9.80 Å². The van der Waals surface area contributed by atoms with Crippen molar-refractivity contribution in [2.24, 2.45) is 11.1 Å². The maximum atomic E-state index is 6.14. The van der Waals surface area contributed by atoms with Crippen LogP contribution in [0.5, 0.6) is 0 Å². The Morgan fingerprint density at radius 3 is 2.17 bits per heavy atom. The molecule has 2 unspecified atom stereocenters. The molecule has 3 heteroatoms. The van der Waals surface area contributed by atoms with E-state index in [-0.39, 0.29) is 5.54 Å². The maximum Gasteiger partial charge on any atom is 0.0470 e. The number of nitrogens with zero attached hydrogens (tertiary/aromatic N) is 2. The van der Waals surface area contributed by atoms with Crippen LogP contribution in [0.2, 0.25) is 0 Å². The normalized spacial score (nSPS) is 28.3. The molecule has 0 amide bonds. The van der Waals surface area contributed by atoms with Gasteiger partial charge in [0.1, 0.15) is 0 Å². The fourth-order valence-electron chi connectivity index (χ4n) is 2.92. The van der Waals surface area contributed by atoms with Gasteiger partial charge in [0.15, 0.2) is 0 Å². The van der Waals surface area contributed by atoms with E-state index < -0.39 is 0 Å². The van der Waals surface area contributed by atoms with E-state index in [1.807, 2.05) is 0 Å². The molecule has 0 aromatic rings. The van der Waals surface area contributed by atoms with Crippen LogP contribution in [0.1, 0.15) is 48.0 Å². The highest BCUT2D eigenvalue weighted by molar-refractivity contribution is 5.02. The van der Waals surface area contributed by atoms with Gasteiger partial charge in [-0.1, -0.05) is 20.8 Å². The predicted molar refractivity (Wildman–Crippen MR) is 79.8 cm³/mol. The van der Waals surface area contributed by atoms with Crippen LogP contribution in [-0.4, -0.2) is 54.1 Å². The number of likely N-dealkylation sites (tertiary alicyclic amines) is 1. The van der Waals surface area contributed by atoms with Crippen LogP contribution < -0.4 is 5.73 Å². The van der Waals surface area contributed by atoms with Crippen molar-refractivity contribution in [2.75, 3.05) is 26.7 Å². The summed E-state index contributed by atoms with van der Waals surface area (Å²) in [6.45, 7) is 16.9. The molecule has 0 saturated carbocycles. The Labute approximate surface area is 114 Å². The highest BCUT2D eigenvalue weighted by atomic mass is 15.3. The lowest BCUT2D eigenvalue weighted by Crippen LogP contribution is -2.59. The molecule has 0 aliphatic carbocycles. The minimum Gasteiger partial charge on any atom is -0.329 e. The fraction of sp³-hybridized carbons (Fsp3) is 1.00. The second-order valence-electron chi connectivity index (χ2n) is 7.40. The molecule has 1 rings (SSSR count). The number of nitrogens with two attached hydrogens (primary N) is 1. The monoisotopic (exact) mass is 255 g/mol. The van der Waals surface area contributed by atoms with Crippen LogP contribution >= 0.6 is 0 Å². The van der Waals surface area contributed by atoms with Gasteiger partial charge >= 0.3 is 0 Å². The second kappa shape index (κ2) is 5.48. The molecule has 1 aliphatic heterocycles. The molecule has 1 fully saturated rings. The van der Waals surface area contributed by atoms with Gasteiger partial charge in [-0.05, 0) is 39.7 Å². The number of rotatable bonds is 4. The Hall–Kier alpha value is -0.120. The Balaban J connectivity index is 2.84. The minimum atomic E-state index is 0.164. The van der Waals surface area contributed by atoms with Gasteiger partial charge in [0, 0.05) is 37.3 Å². The summed E-state index contributed by atoms with van der Waals surface area (Å²) < 4.78 is 0. The van der Waals surface area contributed by atoms with Gasteiger partial charge in [-0.25, -0.2) is 0 Å². The van der Waals surface area contributed by atoms with Crippen LogP contribution in [-0.2, 0) is 0 Å². The van der Waals surface area contributed by atoms with Crippen LogP contribution in [0, 0.1) is 5.41 Å². The fourth-order valence-corrected chi connectivity index (χ4v) is 2.92. The first-order valence-corrected chi connectivity index (χ1v) is 7.31. The van der Waals surface area contributed by atoms with E-state index in [2.05, 4.69) is 58.4 Å². The highest BCUT2D eigenvalue weighted by Crippen LogP contribution is 2.34. The zero-order valence-corrected chi connectivity index (χ0v) is 13.5. The van der Waals surface area contributed by atoms with E-state index in [0.717, 1.165) is 13.1 Å². The van der Waals surface area contributed by atoms with Gasteiger partial charge in [-0.2, -0.15) is 0 Å². The van der Waals surface area contributed by atoms with Crippen molar-refractivity contribution in [3.05, 3.63) is 0 Å². The second-order valence-corrected chi connectivity index (χ2v) is 7.40. The van der Waals surface area contributed by atoms with E-state index in [1.54, 1.807) is 0 Å². The molecular weight excluding hydrogens is 222 g/mol. The summed E-state index contributed by atoms with van der Waals surface area (Å²) in [7, 11) is 2.26. The Kier molecular flexibility index (Phi) is 4.85. The third kappa shape index (κ3) is 3.06. The lowest BCUT2D eigenvalue weighted by atomic mass is 9.83. The lowest BCUT2D eigenvalue weighted by molar-refractivity contribution is 0.0344. The van der Waals surface area contributed by atoms with Crippen LogP contribution in [0.15, 0.2) is 0 Å². The average molecular weight is 255 g/mol. The first kappa shape index (κ1) is 15.9. The van der Waals surface area contributed by atoms with Crippen LogP contribution in [0.3, 0.4) is 0 Å². The molecule has 2 atom stereocenters. The van der Waals surface area contributed by atoms with Gasteiger partial charge in [-0.15, -0.1) is 0 Å². The van der Waals surface area contributed by atoms with E-state index in [0.29, 0.717) is 17.5 Å². The average Bonchev–Trinajstić information content (AvgIpc) is 2.71. The standard InChI is InChI=1S/C15H33N3/c1-12(2)18-9-8-15(10-16,11-18)17(7)13(3)14(4,5)6/h12-13H,8-11,16H2,1-7H3. The summed E-state index contributed by atoms with van der Waals surface area (Å²) in [5.74, 6) is 0. The van der Waals surface area contributed by atoms with Gasteiger partial charge in [0.05, 0.1) is 0 Å². The summed E-state index contributed by atoms with van der Waals surface area (Å²) in [5, 5.41) is 0. The van der Waals surface area contributed by atoms with Gasteiger partial charge in [0.25, 0.3) is 0 Å². The summed E-state index contributed by atoms with van der Waals surface area (Å²) in [4.78, 5) is 5.09. The number of likely N-dealkylation sites (N-methyl/N-ethyl adjacent to an activating group) is 1. The first-order valence-electron chi connectivity index (χ1n) is 7.31. The van der Waals surface area contributed by atoms with Crippen LogP contribution in [0.4, 0.5) is 0 Å². The molecule has 108 valence electrons. The van der Waals surface area contributed by atoms with Crippen LogP contribution in [0.25, 0.3) is 0 Å². The van der Waals surface area contributed by atoms with Crippen molar-refractivity contribution in [3.63, 3.8) is 0 Å². The zero-order chi connectivity index (χ0) is 14.1.